The van der Waals surface area contributed by atoms with Crippen molar-refractivity contribution in [1.82, 2.24) is 4.72 Å². The van der Waals surface area contributed by atoms with Crippen LogP contribution in [0.1, 0.15) is 48.5 Å². The Kier molecular flexibility index (Phi) is 6.90. The van der Waals surface area contributed by atoms with E-state index in [4.69, 9.17) is 4.74 Å². The van der Waals surface area contributed by atoms with Crippen LogP contribution in [0.3, 0.4) is 0 Å². The number of alkyl halides is 3. The number of nitrogens with one attached hydrogen (secondary N) is 2. The summed E-state index contributed by atoms with van der Waals surface area (Å²) < 4.78 is 72.4. The minimum absolute atomic E-state index is 0.00541. The lowest BCUT2D eigenvalue weighted by molar-refractivity contribution is -0.137. The van der Waals surface area contributed by atoms with Crippen LogP contribution in [0.2, 0.25) is 0 Å². The molecular formula is C21H23F3N2O4S. The van der Waals surface area contributed by atoms with E-state index in [1.807, 2.05) is 0 Å². The lowest BCUT2D eigenvalue weighted by Crippen LogP contribution is -2.32. The van der Waals surface area contributed by atoms with Gasteiger partial charge in [0.15, 0.2) is 0 Å². The average molecular weight is 456 g/mol. The highest BCUT2D eigenvalue weighted by Crippen LogP contribution is 2.35. The van der Waals surface area contributed by atoms with Crippen LogP contribution < -0.4 is 14.8 Å². The molecule has 10 heteroatoms. The van der Waals surface area contributed by atoms with Gasteiger partial charge in [0.05, 0.1) is 22.8 Å². The normalized spacial score (nSPS) is 15.1. The smallest absolute Gasteiger partial charge is 0.416 e. The second kappa shape index (κ2) is 9.27. The standard InChI is InChI=1S/C21H23F3N2O4S/c1-2-30-19-11-10-15(21(22,23)24)13-18(19)25-20(27)14-6-5-9-17(12-14)31(28,29)26-16-7-3-4-8-16/h5-6,9-13,16,26H,2-4,7-8H2,1H3,(H,25,27). The van der Waals surface area contributed by atoms with E-state index in [0.29, 0.717) is 0 Å². The highest BCUT2D eigenvalue weighted by molar-refractivity contribution is 7.89. The van der Waals surface area contributed by atoms with Gasteiger partial charge in [0, 0.05) is 11.6 Å². The summed E-state index contributed by atoms with van der Waals surface area (Å²) in [7, 11) is -3.82. The Morgan fingerprint density at radius 2 is 1.84 bits per heavy atom. The van der Waals surface area contributed by atoms with Crippen LogP contribution >= 0.6 is 0 Å². The molecule has 31 heavy (non-hydrogen) atoms. The topological polar surface area (TPSA) is 84.5 Å². The predicted molar refractivity (Wildman–Crippen MR) is 110 cm³/mol. The van der Waals surface area contributed by atoms with Crippen molar-refractivity contribution < 1.29 is 31.1 Å². The summed E-state index contributed by atoms with van der Waals surface area (Å²) in [4.78, 5) is 12.6. The summed E-state index contributed by atoms with van der Waals surface area (Å²) in [6.45, 7) is 1.85. The number of anilines is 1. The number of benzene rings is 2. The summed E-state index contributed by atoms with van der Waals surface area (Å²) in [5, 5.41) is 2.40. The molecule has 0 saturated heterocycles. The molecule has 1 aliphatic carbocycles. The van der Waals surface area contributed by atoms with Crippen LogP contribution in [0, 0.1) is 0 Å². The van der Waals surface area contributed by atoms with Crippen LogP contribution in [0.5, 0.6) is 5.75 Å². The van der Waals surface area contributed by atoms with E-state index in [1.165, 1.54) is 24.3 Å². The van der Waals surface area contributed by atoms with Crippen LogP contribution in [-0.4, -0.2) is 27.0 Å². The first kappa shape index (κ1) is 23.1. The number of carbonyl (C=O) groups is 1. The number of hydrogen-bond acceptors (Lipinski definition) is 4. The molecule has 1 amide bonds. The second-order valence-corrected chi connectivity index (χ2v) is 8.94. The van der Waals surface area contributed by atoms with Crippen LogP contribution in [-0.2, 0) is 16.2 Å². The van der Waals surface area contributed by atoms with E-state index in [0.717, 1.165) is 43.9 Å². The van der Waals surface area contributed by atoms with Crippen molar-refractivity contribution in [3.8, 4) is 5.75 Å². The Bertz CT molecular complexity index is 1050. The Morgan fingerprint density at radius 1 is 1.13 bits per heavy atom. The third-order valence-corrected chi connectivity index (χ3v) is 6.46. The molecule has 1 fully saturated rings. The quantitative estimate of drug-likeness (QED) is 0.639. The van der Waals surface area contributed by atoms with Gasteiger partial charge >= 0.3 is 6.18 Å². The van der Waals surface area contributed by atoms with Gasteiger partial charge in [-0.3, -0.25) is 4.79 Å². The summed E-state index contributed by atoms with van der Waals surface area (Å²) in [6, 6.07) is 8.00. The van der Waals surface area contributed by atoms with Gasteiger partial charge in [0.2, 0.25) is 10.0 Å². The number of rotatable bonds is 7. The fourth-order valence-electron chi connectivity index (χ4n) is 3.42. The Morgan fingerprint density at radius 3 is 2.48 bits per heavy atom. The summed E-state index contributed by atoms with van der Waals surface area (Å²) >= 11 is 0. The van der Waals surface area contributed by atoms with Crippen molar-refractivity contribution in [3.05, 3.63) is 53.6 Å². The zero-order chi connectivity index (χ0) is 22.6. The van der Waals surface area contributed by atoms with Gasteiger partial charge in [-0.1, -0.05) is 18.9 Å². The van der Waals surface area contributed by atoms with Gasteiger partial charge in [-0.15, -0.1) is 0 Å². The fourth-order valence-corrected chi connectivity index (χ4v) is 4.77. The number of amides is 1. The van der Waals surface area contributed by atoms with Crippen molar-refractivity contribution in [2.75, 3.05) is 11.9 Å². The molecule has 0 bridgehead atoms. The lowest BCUT2D eigenvalue weighted by Gasteiger charge is -2.15. The van der Waals surface area contributed by atoms with Gasteiger partial charge in [0.25, 0.3) is 5.91 Å². The van der Waals surface area contributed by atoms with E-state index in [9.17, 15) is 26.4 Å². The molecule has 0 aromatic heterocycles. The Balaban J connectivity index is 1.84. The molecule has 0 atom stereocenters. The molecule has 3 rings (SSSR count). The number of sulfonamides is 1. The molecule has 0 radical (unpaired) electrons. The van der Waals surface area contributed by atoms with Crippen molar-refractivity contribution in [2.45, 2.75) is 49.7 Å². The maximum absolute atomic E-state index is 13.1. The third-order valence-electron chi connectivity index (χ3n) is 4.94. The van der Waals surface area contributed by atoms with Gasteiger partial charge in [0.1, 0.15) is 5.75 Å². The number of ether oxygens (including phenoxy) is 1. The summed E-state index contributed by atoms with van der Waals surface area (Å²) in [5.41, 5.74) is -1.10. The minimum Gasteiger partial charge on any atom is -0.492 e. The number of halogens is 3. The van der Waals surface area contributed by atoms with Crippen molar-refractivity contribution in [3.63, 3.8) is 0 Å². The zero-order valence-corrected chi connectivity index (χ0v) is 17.6. The van der Waals surface area contributed by atoms with Crippen molar-refractivity contribution >= 4 is 21.6 Å². The second-order valence-electron chi connectivity index (χ2n) is 7.23. The first-order chi connectivity index (χ1) is 14.6. The SMILES string of the molecule is CCOc1ccc(C(F)(F)F)cc1NC(=O)c1cccc(S(=O)(=O)NC2CCCC2)c1. The molecule has 0 unspecified atom stereocenters. The zero-order valence-electron chi connectivity index (χ0n) is 16.8. The molecule has 0 heterocycles. The number of hydrogen-bond donors (Lipinski definition) is 2. The van der Waals surface area contributed by atoms with Gasteiger partial charge in [-0.25, -0.2) is 13.1 Å². The largest absolute Gasteiger partial charge is 0.492 e. The van der Waals surface area contributed by atoms with Crippen molar-refractivity contribution in [2.24, 2.45) is 0 Å². The Labute approximate surface area is 178 Å². The molecule has 6 nitrogen and oxygen atoms in total. The monoisotopic (exact) mass is 456 g/mol. The molecular weight excluding hydrogens is 433 g/mol. The van der Waals surface area contributed by atoms with Gasteiger partial charge in [-0.2, -0.15) is 13.2 Å². The molecule has 2 N–H and O–H groups in total. The van der Waals surface area contributed by atoms with Gasteiger partial charge < -0.3 is 10.1 Å². The maximum atomic E-state index is 13.1. The van der Waals surface area contributed by atoms with Crippen LogP contribution in [0.15, 0.2) is 47.4 Å². The van der Waals surface area contributed by atoms with E-state index >= 15 is 0 Å². The van der Waals surface area contributed by atoms with Crippen molar-refractivity contribution in [1.29, 1.82) is 0 Å². The molecule has 2 aromatic carbocycles. The van der Waals surface area contributed by atoms with E-state index < -0.39 is 27.7 Å². The molecule has 168 valence electrons. The predicted octanol–water partition coefficient (Wildman–Crippen LogP) is 4.58. The van der Waals surface area contributed by atoms with Crippen LogP contribution in [0.25, 0.3) is 0 Å². The van der Waals surface area contributed by atoms with E-state index in [-0.39, 0.29) is 34.5 Å². The molecule has 0 spiro atoms. The summed E-state index contributed by atoms with van der Waals surface area (Å²) in [6.07, 6.45) is -1.17. The Hall–Kier alpha value is -2.59. The molecule has 1 saturated carbocycles. The maximum Gasteiger partial charge on any atom is 0.416 e. The molecule has 0 aliphatic heterocycles. The number of carbonyl (C=O) groups excluding carboxylic acids is 1. The molecule has 1 aliphatic rings. The van der Waals surface area contributed by atoms with E-state index in [1.54, 1.807) is 6.92 Å². The first-order valence-corrected chi connectivity index (χ1v) is 11.4. The average Bonchev–Trinajstić information content (AvgIpc) is 3.21. The van der Waals surface area contributed by atoms with Crippen LogP contribution in [0.4, 0.5) is 18.9 Å². The molecule has 2 aromatic rings. The summed E-state index contributed by atoms with van der Waals surface area (Å²) in [5.74, 6) is -0.672. The highest BCUT2D eigenvalue weighted by Gasteiger charge is 2.31. The lowest BCUT2D eigenvalue weighted by atomic mass is 10.1. The van der Waals surface area contributed by atoms with Gasteiger partial charge in [-0.05, 0) is 56.2 Å². The fraction of sp³-hybridized carbons (Fsp3) is 0.381. The van der Waals surface area contributed by atoms with E-state index in [2.05, 4.69) is 10.0 Å². The first-order valence-electron chi connectivity index (χ1n) is 9.88. The highest BCUT2D eigenvalue weighted by atomic mass is 32.2. The third kappa shape index (κ3) is 5.76. The minimum atomic E-state index is -4.59.